The van der Waals surface area contributed by atoms with E-state index in [2.05, 4.69) is 20.8 Å². The summed E-state index contributed by atoms with van der Waals surface area (Å²) in [6.07, 6.45) is 0. The van der Waals surface area contributed by atoms with Crippen LogP contribution in [0.15, 0.2) is 12.1 Å². The maximum absolute atomic E-state index is 13.1. The van der Waals surface area contributed by atoms with Gasteiger partial charge in [0, 0.05) is 5.02 Å². The first kappa shape index (κ1) is 13.4. The van der Waals surface area contributed by atoms with Gasteiger partial charge < -0.3 is 0 Å². The van der Waals surface area contributed by atoms with Crippen LogP contribution in [-0.4, -0.2) is 0 Å². The van der Waals surface area contributed by atoms with Crippen LogP contribution in [-0.2, 0) is 5.41 Å². The molecule has 2 heteroatoms. The summed E-state index contributed by atoms with van der Waals surface area (Å²) in [5.41, 5.74) is 1.61. The second kappa shape index (κ2) is 4.31. The third-order valence-corrected chi connectivity index (χ3v) is 2.37. The number of aryl methyl sites for hydroxylation is 1. The Morgan fingerprint density at radius 3 is 2.14 bits per heavy atom. The van der Waals surface area contributed by atoms with Crippen molar-refractivity contribution in [3.63, 3.8) is 0 Å². The van der Waals surface area contributed by atoms with Crippen molar-refractivity contribution in [2.45, 2.75) is 40.5 Å². The van der Waals surface area contributed by atoms with Crippen LogP contribution in [0.4, 0.5) is 4.39 Å². The molecule has 0 bridgehead atoms. The fraction of sp³-hybridized carbons (Fsp3) is 0.500. The number of halogens is 2. The van der Waals surface area contributed by atoms with Crippen LogP contribution in [0.2, 0.25) is 5.02 Å². The molecule has 0 N–H and O–H groups in total. The van der Waals surface area contributed by atoms with E-state index in [0.717, 1.165) is 5.56 Å². The van der Waals surface area contributed by atoms with Gasteiger partial charge in [0.2, 0.25) is 0 Å². The third-order valence-electron chi connectivity index (χ3n) is 2.06. The molecule has 0 fully saturated rings. The Balaban J connectivity index is 0.00000169. The molecule has 0 amide bonds. The van der Waals surface area contributed by atoms with Crippen LogP contribution >= 0.6 is 11.6 Å². The Bertz CT molecular complexity index is 324. The van der Waals surface area contributed by atoms with Gasteiger partial charge in [-0.25, -0.2) is 4.39 Å². The predicted molar refractivity (Wildman–Crippen MR) is 61.6 cm³/mol. The van der Waals surface area contributed by atoms with Gasteiger partial charge in [-0.2, -0.15) is 0 Å². The minimum atomic E-state index is -0.238. The van der Waals surface area contributed by atoms with Crippen molar-refractivity contribution in [3.8, 4) is 0 Å². The van der Waals surface area contributed by atoms with Crippen molar-refractivity contribution in [2.24, 2.45) is 0 Å². The second-order valence-corrected chi connectivity index (χ2v) is 4.74. The zero-order valence-corrected chi connectivity index (χ0v) is 9.17. The quantitative estimate of drug-likeness (QED) is 0.589. The Morgan fingerprint density at radius 2 is 1.71 bits per heavy atom. The Morgan fingerprint density at radius 1 is 1.21 bits per heavy atom. The molecule has 0 saturated heterocycles. The third kappa shape index (κ3) is 2.71. The average molecular weight is 217 g/mol. The first-order chi connectivity index (χ1) is 5.82. The Kier molecular flexibility index (Phi) is 4.14. The molecule has 0 aromatic heterocycles. The minimum Gasteiger partial charge on any atom is -0.207 e. The number of benzene rings is 1. The summed E-state index contributed by atoms with van der Waals surface area (Å²) in [5, 5.41) is 0.510. The summed E-state index contributed by atoms with van der Waals surface area (Å²) in [4.78, 5) is 0. The molecule has 0 aliphatic carbocycles. The second-order valence-electron chi connectivity index (χ2n) is 4.33. The van der Waals surface area contributed by atoms with Crippen molar-refractivity contribution < 1.29 is 4.39 Å². The molecular formula is C12H18ClF. The van der Waals surface area contributed by atoms with Crippen molar-refractivity contribution in [3.05, 3.63) is 34.1 Å². The highest BCUT2D eigenvalue weighted by Gasteiger charge is 2.18. The first-order valence-electron chi connectivity index (χ1n) is 4.28. The van der Waals surface area contributed by atoms with E-state index in [4.69, 9.17) is 11.6 Å². The van der Waals surface area contributed by atoms with E-state index in [-0.39, 0.29) is 18.7 Å². The number of rotatable bonds is 0. The van der Waals surface area contributed by atoms with Gasteiger partial charge in [-0.05, 0) is 29.5 Å². The maximum Gasteiger partial charge on any atom is 0.127 e. The van der Waals surface area contributed by atoms with Gasteiger partial charge in [-0.15, -0.1) is 0 Å². The first-order valence-corrected chi connectivity index (χ1v) is 4.66. The summed E-state index contributed by atoms with van der Waals surface area (Å²) in [5.74, 6) is -0.238. The lowest BCUT2D eigenvalue weighted by atomic mass is 9.86. The van der Waals surface area contributed by atoms with E-state index in [1.807, 2.05) is 6.07 Å². The number of hydrogen-bond acceptors (Lipinski definition) is 0. The van der Waals surface area contributed by atoms with Crippen LogP contribution in [0, 0.1) is 12.7 Å². The summed E-state index contributed by atoms with van der Waals surface area (Å²) >= 11 is 5.95. The normalized spacial score (nSPS) is 11.0. The Labute approximate surface area is 91.1 Å². The molecule has 0 radical (unpaired) electrons. The van der Waals surface area contributed by atoms with Crippen LogP contribution < -0.4 is 0 Å². The standard InChI is InChI=1S/C11H14ClF.CH4/c1-7-5-8(11(2,3)4)9(12)6-10(7)13;/h5-6H,1-4H3;1H4. The van der Waals surface area contributed by atoms with Gasteiger partial charge in [-0.3, -0.25) is 0 Å². The van der Waals surface area contributed by atoms with Gasteiger partial charge >= 0.3 is 0 Å². The molecule has 80 valence electrons. The van der Waals surface area contributed by atoms with Crippen molar-refractivity contribution in [1.82, 2.24) is 0 Å². The van der Waals surface area contributed by atoms with Crippen LogP contribution in [0.5, 0.6) is 0 Å². The molecule has 1 aromatic carbocycles. The minimum absolute atomic E-state index is 0. The Hall–Kier alpha value is -0.560. The summed E-state index contributed by atoms with van der Waals surface area (Å²) in [6.45, 7) is 7.93. The van der Waals surface area contributed by atoms with Gasteiger partial charge in [0.15, 0.2) is 0 Å². The molecule has 0 atom stereocenters. The molecule has 1 rings (SSSR count). The summed E-state index contributed by atoms with van der Waals surface area (Å²) < 4.78 is 13.1. The highest BCUT2D eigenvalue weighted by Crippen LogP contribution is 2.31. The van der Waals surface area contributed by atoms with Crippen LogP contribution in [0.1, 0.15) is 39.3 Å². The molecule has 0 nitrogen and oxygen atoms in total. The lowest BCUT2D eigenvalue weighted by Gasteiger charge is -2.21. The zero-order valence-electron chi connectivity index (χ0n) is 8.41. The molecule has 0 saturated carbocycles. The molecule has 0 aliphatic rings. The maximum atomic E-state index is 13.1. The number of hydrogen-bond donors (Lipinski definition) is 0. The molecule has 0 heterocycles. The molecule has 0 unspecified atom stereocenters. The molecular weight excluding hydrogens is 199 g/mol. The summed E-state index contributed by atoms with van der Waals surface area (Å²) in [6, 6.07) is 3.20. The highest BCUT2D eigenvalue weighted by molar-refractivity contribution is 6.31. The lowest BCUT2D eigenvalue weighted by molar-refractivity contribution is 0.580. The molecule has 14 heavy (non-hydrogen) atoms. The van der Waals surface area contributed by atoms with E-state index in [9.17, 15) is 4.39 Å². The van der Waals surface area contributed by atoms with Gasteiger partial charge in [0.1, 0.15) is 5.82 Å². The van der Waals surface area contributed by atoms with E-state index < -0.39 is 0 Å². The largest absolute Gasteiger partial charge is 0.207 e. The van der Waals surface area contributed by atoms with Crippen LogP contribution in [0.3, 0.4) is 0 Å². The van der Waals surface area contributed by atoms with E-state index >= 15 is 0 Å². The fourth-order valence-corrected chi connectivity index (χ4v) is 1.67. The van der Waals surface area contributed by atoms with Crippen LogP contribution in [0.25, 0.3) is 0 Å². The molecule has 0 spiro atoms. The highest BCUT2D eigenvalue weighted by atomic mass is 35.5. The van der Waals surface area contributed by atoms with Gasteiger partial charge in [-0.1, -0.05) is 45.9 Å². The lowest BCUT2D eigenvalue weighted by Crippen LogP contribution is -2.12. The van der Waals surface area contributed by atoms with Gasteiger partial charge in [0.05, 0.1) is 0 Å². The van der Waals surface area contributed by atoms with E-state index in [1.54, 1.807) is 6.92 Å². The zero-order chi connectivity index (χ0) is 10.2. The smallest absolute Gasteiger partial charge is 0.127 e. The van der Waals surface area contributed by atoms with E-state index in [0.29, 0.717) is 10.6 Å². The average Bonchev–Trinajstić information content (AvgIpc) is 1.94. The monoisotopic (exact) mass is 216 g/mol. The topological polar surface area (TPSA) is 0 Å². The SMILES string of the molecule is C.Cc1cc(C(C)(C)C)c(Cl)cc1F. The fourth-order valence-electron chi connectivity index (χ4n) is 1.23. The molecule has 0 aliphatic heterocycles. The molecule has 1 aromatic rings. The van der Waals surface area contributed by atoms with Crippen molar-refractivity contribution >= 4 is 11.6 Å². The van der Waals surface area contributed by atoms with E-state index in [1.165, 1.54) is 6.07 Å². The van der Waals surface area contributed by atoms with Crippen molar-refractivity contribution in [1.29, 1.82) is 0 Å². The van der Waals surface area contributed by atoms with Crippen molar-refractivity contribution in [2.75, 3.05) is 0 Å². The van der Waals surface area contributed by atoms with Gasteiger partial charge in [0.25, 0.3) is 0 Å². The summed E-state index contributed by atoms with van der Waals surface area (Å²) in [7, 11) is 0. The predicted octanol–water partition coefficient (Wildman–Crippen LogP) is 4.72.